The van der Waals surface area contributed by atoms with Gasteiger partial charge in [-0.25, -0.2) is 0 Å². The largest absolute Gasteiger partial charge is 0.391 e. The Balaban J connectivity index is 3.01. The van der Waals surface area contributed by atoms with Crippen molar-refractivity contribution in [1.82, 2.24) is 4.98 Å². The van der Waals surface area contributed by atoms with Crippen molar-refractivity contribution in [3.8, 4) is 0 Å². The summed E-state index contributed by atoms with van der Waals surface area (Å²) in [6, 6.07) is 1.29. The second-order valence-corrected chi connectivity index (χ2v) is 2.78. The molecule has 0 spiro atoms. The number of aliphatic hydroxyl groups is 1. The fourth-order valence-corrected chi connectivity index (χ4v) is 0.931. The van der Waals surface area contributed by atoms with Crippen LogP contribution in [0.4, 0.5) is 8.78 Å². The van der Waals surface area contributed by atoms with E-state index in [1.54, 1.807) is 0 Å². The zero-order valence-electron chi connectivity index (χ0n) is 7.04. The second-order valence-electron chi connectivity index (χ2n) is 2.78. The van der Waals surface area contributed by atoms with Gasteiger partial charge in [0, 0.05) is 5.56 Å². The first-order chi connectivity index (χ1) is 6.02. The first-order valence-electron chi connectivity index (χ1n) is 3.78. The van der Waals surface area contributed by atoms with Crippen LogP contribution in [-0.4, -0.2) is 16.2 Å². The molecule has 0 saturated heterocycles. The number of hydrogen-bond donors (Lipinski definition) is 2. The van der Waals surface area contributed by atoms with E-state index in [0.717, 1.165) is 6.07 Å². The van der Waals surface area contributed by atoms with Crippen LogP contribution in [0.3, 0.4) is 0 Å². The van der Waals surface area contributed by atoms with Crippen molar-refractivity contribution >= 4 is 0 Å². The molecule has 3 N–H and O–H groups in total. The van der Waals surface area contributed by atoms with Crippen LogP contribution in [0.25, 0.3) is 0 Å². The van der Waals surface area contributed by atoms with E-state index in [9.17, 15) is 8.78 Å². The molecule has 0 radical (unpaired) electrons. The number of nitrogens with two attached hydrogens (primary N) is 1. The second kappa shape index (κ2) is 3.76. The molecule has 0 unspecified atom stereocenters. The Morgan fingerprint density at radius 1 is 1.46 bits per heavy atom. The predicted molar refractivity (Wildman–Crippen MR) is 42.8 cm³/mol. The van der Waals surface area contributed by atoms with E-state index in [1.807, 2.05) is 0 Å². The molecule has 0 bridgehead atoms. The summed E-state index contributed by atoms with van der Waals surface area (Å²) in [7, 11) is 0. The number of aliphatic hydroxyl groups excluding tert-OH is 1. The fraction of sp³-hybridized carbons (Fsp3) is 0.375. The van der Waals surface area contributed by atoms with Gasteiger partial charge in [-0.1, -0.05) is 0 Å². The van der Waals surface area contributed by atoms with Crippen molar-refractivity contribution in [2.45, 2.75) is 19.1 Å². The molecule has 13 heavy (non-hydrogen) atoms. The number of nitrogens with zero attached hydrogens (tertiary/aromatic N) is 1. The smallest absolute Gasteiger partial charge is 0.220 e. The summed E-state index contributed by atoms with van der Waals surface area (Å²) in [6.07, 6.45) is -0.901. The summed E-state index contributed by atoms with van der Waals surface area (Å²) in [5.41, 5.74) is 5.45. The summed E-state index contributed by atoms with van der Waals surface area (Å²) in [5.74, 6) is -1.88. The minimum Gasteiger partial charge on any atom is -0.391 e. The number of pyridine rings is 1. The molecule has 72 valence electrons. The van der Waals surface area contributed by atoms with Crippen molar-refractivity contribution in [3.63, 3.8) is 0 Å². The summed E-state index contributed by atoms with van der Waals surface area (Å²) < 4.78 is 25.3. The van der Waals surface area contributed by atoms with E-state index in [2.05, 4.69) is 4.98 Å². The first kappa shape index (κ1) is 10.0. The van der Waals surface area contributed by atoms with Gasteiger partial charge in [-0.15, -0.1) is 0 Å². The van der Waals surface area contributed by atoms with E-state index in [-0.39, 0.29) is 5.56 Å². The third-order valence-electron chi connectivity index (χ3n) is 1.72. The van der Waals surface area contributed by atoms with Crippen LogP contribution in [0.2, 0.25) is 0 Å². The highest BCUT2D eigenvalue weighted by atomic mass is 19.1. The lowest BCUT2D eigenvalue weighted by Gasteiger charge is -2.14. The molecule has 1 heterocycles. The van der Waals surface area contributed by atoms with Gasteiger partial charge in [0.2, 0.25) is 11.9 Å². The van der Waals surface area contributed by atoms with Gasteiger partial charge >= 0.3 is 0 Å². The van der Waals surface area contributed by atoms with Gasteiger partial charge in [0.15, 0.2) is 0 Å². The molecule has 0 fully saturated rings. The lowest BCUT2D eigenvalue weighted by molar-refractivity contribution is 0.162. The molecule has 0 aliphatic carbocycles. The molecule has 0 aromatic carbocycles. The van der Waals surface area contributed by atoms with Gasteiger partial charge in [0.05, 0.1) is 12.1 Å². The quantitative estimate of drug-likeness (QED) is 0.673. The highest BCUT2D eigenvalue weighted by Gasteiger charge is 2.17. The Labute approximate surface area is 74.2 Å². The van der Waals surface area contributed by atoms with Gasteiger partial charge in [-0.3, -0.25) is 0 Å². The molecule has 0 amide bonds. The molecule has 5 heteroatoms. The minimum atomic E-state index is -0.978. The topological polar surface area (TPSA) is 59.1 Å². The Kier molecular flexibility index (Phi) is 2.90. The van der Waals surface area contributed by atoms with E-state index in [1.165, 1.54) is 13.0 Å². The van der Waals surface area contributed by atoms with E-state index in [4.69, 9.17) is 10.8 Å². The summed E-state index contributed by atoms with van der Waals surface area (Å²) in [5, 5.41) is 9.05. The van der Waals surface area contributed by atoms with Crippen LogP contribution in [0.15, 0.2) is 12.1 Å². The summed E-state index contributed by atoms with van der Waals surface area (Å²) in [6.45, 7) is 1.42. The zero-order valence-corrected chi connectivity index (χ0v) is 7.04. The van der Waals surface area contributed by atoms with Crippen LogP contribution in [0, 0.1) is 11.9 Å². The molecule has 0 saturated carbocycles. The van der Waals surface area contributed by atoms with Crippen molar-refractivity contribution in [3.05, 3.63) is 29.6 Å². The third-order valence-corrected chi connectivity index (χ3v) is 1.72. The average molecular weight is 188 g/mol. The Bertz CT molecular complexity index is 304. The van der Waals surface area contributed by atoms with Crippen LogP contribution < -0.4 is 5.73 Å². The van der Waals surface area contributed by atoms with Gasteiger partial charge in [-0.2, -0.15) is 13.8 Å². The van der Waals surface area contributed by atoms with Crippen LogP contribution in [0.5, 0.6) is 0 Å². The summed E-state index contributed by atoms with van der Waals surface area (Å²) >= 11 is 0. The van der Waals surface area contributed by atoms with Crippen LogP contribution in [0.1, 0.15) is 18.5 Å². The first-order valence-corrected chi connectivity index (χ1v) is 3.78. The van der Waals surface area contributed by atoms with Crippen molar-refractivity contribution in [1.29, 1.82) is 0 Å². The average Bonchev–Trinajstić information content (AvgIpc) is 2.03. The standard InChI is InChI=1S/C8H10F2N2O/c1-4(13)7(11)5-2-3-6(9)12-8(5)10/h2-4,7,13H,11H2,1H3/t4-,7+/m1/s1. The molecule has 0 aliphatic heterocycles. The van der Waals surface area contributed by atoms with Crippen molar-refractivity contribution in [2.75, 3.05) is 0 Å². The number of halogens is 2. The lowest BCUT2D eigenvalue weighted by Crippen LogP contribution is -2.24. The number of hydrogen-bond acceptors (Lipinski definition) is 3. The molecule has 1 rings (SSSR count). The monoisotopic (exact) mass is 188 g/mol. The minimum absolute atomic E-state index is 0.0106. The summed E-state index contributed by atoms with van der Waals surface area (Å²) in [4.78, 5) is 2.95. The molecular weight excluding hydrogens is 178 g/mol. The molecular formula is C8H10F2N2O. The third kappa shape index (κ3) is 2.19. The SMILES string of the molecule is C[C@@H](O)[C@H](N)c1ccc(F)nc1F. The highest BCUT2D eigenvalue weighted by molar-refractivity contribution is 5.16. The molecule has 1 aromatic heterocycles. The maximum absolute atomic E-state index is 12.9. The zero-order chi connectivity index (χ0) is 10.0. The Morgan fingerprint density at radius 2 is 2.08 bits per heavy atom. The molecule has 0 aliphatic rings. The highest BCUT2D eigenvalue weighted by Crippen LogP contribution is 2.16. The predicted octanol–water partition coefficient (Wildman–Crippen LogP) is 0.740. The van der Waals surface area contributed by atoms with Gasteiger partial charge < -0.3 is 10.8 Å². The van der Waals surface area contributed by atoms with E-state index in [0.29, 0.717) is 0 Å². The van der Waals surface area contributed by atoms with Crippen LogP contribution >= 0.6 is 0 Å². The van der Waals surface area contributed by atoms with E-state index < -0.39 is 24.0 Å². The normalized spacial score (nSPS) is 15.5. The van der Waals surface area contributed by atoms with Crippen molar-refractivity contribution < 1.29 is 13.9 Å². The molecule has 3 nitrogen and oxygen atoms in total. The van der Waals surface area contributed by atoms with E-state index >= 15 is 0 Å². The maximum Gasteiger partial charge on any atom is 0.220 e. The fourth-order valence-electron chi connectivity index (χ4n) is 0.931. The Morgan fingerprint density at radius 3 is 2.54 bits per heavy atom. The number of aromatic nitrogens is 1. The number of rotatable bonds is 2. The van der Waals surface area contributed by atoms with Gasteiger partial charge in [-0.05, 0) is 19.1 Å². The lowest BCUT2D eigenvalue weighted by atomic mass is 10.1. The van der Waals surface area contributed by atoms with Crippen LogP contribution in [-0.2, 0) is 0 Å². The molecule has 1 aromatic rings. The van der Waals surface area contributed by atoms with Crippen molar-refractivity contribution in [2.24, 2.45) is 5.73 Å². The Hall–Kier alpha value is -1.07. The maximum atomic E-state index is 12.9. The van der Waals surface area contributed by atoms with Gasteiger partial charge in [0.25, 0.3) is 0 Å². The molecule has 2 atom stereocenters. The van der Waals surface area contributed by atoms with Gasteiger partial charge in [0.1, 0.15) is 0 Å².